The Labute approximate surface area is 158 Å². The fourth-order valence-corrected chi connectivity index (χ4v) is 2.87. The van der Waals surface area contributed by atoms with Crippen LogP contribution in [0.15, 0.2) is 72.9 Å². The van der Waals surface area contributed by atoms with Gasteiger partial charge in [-0.15, -0.1) is 0 Å². The lowest BCUT2D eigenvalue weighted by Crippen LogP contribution is -2.42. The van der Waals surface area contributed by atoms with E-state index in [0.717, 1.165) is 22.4 Å². The van der Waals surface area contributed by atoms with Gasteiger partial charge in [-0.05, 0) is 47.9 Å². The molecule has 0 saturated carbocycles. The number of nitrogens with one attached hydrogen (secondary N) is 1. The van der Waals surface area contributed by atoms with Crippen molar-refractivity contribution in [1.82, 2.24) is 10.3 Å². The lowest BCUT2D eigenvalue weighted by atomic mass is 10.0. The summed E-state index contributed by atoms with van der Waals surface area (Å²) in [7, 11) is 0. The molecule has 1 aromatic heterocycles. The molecule has 5 heteroatoms. The summed E-state index contributed by atoms with van der Waals surface area (Å²) in [5, 5.41) is 3.92. The number of hydrogen-bond acceptors (Lipinski definition) is 3. The number of nitrogens with zero attached hydrogens (tertiary/aromatic N) is 1. The zero-order chi connectivity index (χ0) is 18.4. The second-order valence-corrected chi connectivity index (χ2v) is 6.52. The first-order chi connectivity index (χ1) is 12.6. The van der Waals surface area contributed by atoms with E-state index >= 15 is 0 Å². The van der Waals surface area contributed by atoms with Crippen molar-refractivity contribution in [3.05, 3.63) is 89.1 Å². The van der Waals surface area contributed by atoms with Crippen molar-refractivity contribution in [2.45, 2.75) is 19.0 Å². The summed E-state index contributed by atoms with van der Waals surface area (Å²) in [6.45, 7) is 0.544. The van der Waals surface area contributed by atoms with Gasteiger partial charge in [0.25, 0.3) is 0 Å². The number of pyridine rings is 1. The molecule has 0 fully saturated rings. The van der Waals surface area contributed by atoms with Crippen LogP contribution in [0.1, 0.15) is 11.1 Å². The van der Waals surface area contributed by atoms with E-state index in [2.05, 4.69) is 16.4 Å². The summed E-state index contributed by atoms with van der Waals surface area (Å²) in [5.41, 5.74) is 9.59. The fourth-order valence-electron chi connectivity index (χ4n) is 2.74. The van der Waals surface area contributed by atoms with E-state index in [-0.39, 0.29) is 5.91 Å². The zero-order valence-electron chi connectivity index (χ0n) is 14.2. The van der Waals surface area contributed by atoms with Crippen LogP contribution in [0.25, 0.3) is 11.3 Å². The van der Waals surface area contributed by atoms with Crippen molar-refractivity contribution >= 4 is 17.5 Å². The van der Waals surface area contributed by atoms with Crippen LogP contribution in [0.3, 0.4) is 0 Å². The van der Waals surface area contributed by atoms with E-state index in [0.29, 0.717) is 18.0 Å². The number of rotatable bonds is 7. The second kappa shape index (κ2) is 8.61. The van der Waals surface area contributed by atoms with Crippen LogP contribution in [0.4, 0.5) is 0 Å². The molecule has 2 aromatic carbocycles. The molecule has 1 amide bonds. The van der Waals surface area contributed by atoms with Gasteiger partial charge in [0.2, 0.25) is 5.91 Å². The molecule has 1 heterocycles. The molecule has 1 unspecified atom stereocenters. The highest BCUT2D eigenvalue weighted by molar-refractivity contribution is 6.30. The van der Waals surface area contributed by atoms with Crippen molar-refractivity contribution in [3.63, 3.8) is 0 Å². The Morgan fingerprint density at radius 1 is 1.04 bits per heavy atom. The Hall–Kier alpha value is -2.69. The molecule has 0 bridgehead atoms. The summed E-state index contributed by atoms with van der Waals surface area (Å²) in [5.74, 6) is -0.374. The molecule has 0 aliphatic rings. The van der Waals surface area contributed by atoms with Crippen LogP contribution in [0, 0.1) is 0 Å². The van der Waals surface area contributed by atoms with Crippen LogP contribution in [0.2, 0.25) is 5.02 Å². The van der Waals surface area contributed by atoms with Gasteiger partial charge in [0.05, 0.1) is 11.7 Å². The van der Waals surface area contributed by atoms with Gasteiger partial charge in [0.15, 0.2) is 0 Å². The Morgan fingerprint density at radius 3 is 2.54 bits per heavy atom. The van der Waals surface area contributed by atoms with Crippen molar-refractivity contribution < 1.29 is 4.79 Å². The summed E-state index contributed by atoms with van der Waals surface area (Å²) in [6.07, 6.45) is 2.29. The Bertz CT molecular complexity index is 866. The van der Waals surface area contributed by atoms with Crippen molar-refractivity contribution in [1.29, 1.82) is 0 Å². The number of nitrogens with two attached hydrogens (primary N) is 1. The third-order valence-corrected chi connectivity index (χ3v) is 4.39. The molecule has 26 heavy (non-hydrogen) atoms. The van der Waals surface area contributed by atoms with Crippen LogP contribution in [-0.4, -0.2) is 16.9 Å². The minimum Gasteiger partial charge on any atom is -0.368 e. The largest absolute Gasteiger partial charge is 0.368 e. The molecular weight excluding hydrogens is 346 g/mol. The molecule has 0 radical (unpaired) electrons. The third kappa shape index (κ3) is 4.91. The minimum atomic E-state index is -0.449. The maximum atomic E-state index is 11.8. The molecule has 3 rings (SSSR count). The number of carbonyl (C=O) groups excluding carboxylic acids is 1. The SMILES string of the molecule is NC(=O)C(Cc1ccc(Cl)cc1)NCc1cccc(-c2ccccn2)c1. The number of halogens is 1. The van der Waals surface area contributed by atoms with Crippen molar-refractivity contribution in [2.75, 3.05) is 0 Å². The maximum absolute atomic E-state index is 11.8. The van der Waals surface area contributed by atoms with E-state index in [9.17, 15) is 4.79 Å². The first-order valence-corrected chi connectivity index (χ1v) is 8.77. The lowest BCUT2D eigenvalue weighted by Gasteiger charge is -2.16. The normalized spacial score (nSPS) is 11.9. The van der Waals surface area contributed by atoms with E-state index in [1.807, 2.05) is 60.7 Å². The number of primary amides is 1. The summed E-state index contributed by atoms with van der Waals surface area (Å²) >= 11 is 5.90. The molecule has 3 aromatic rings. The molecule has 3 N–H and O–H groups in total. The third-order valence-electron chi connectivity index (χ3n) is 4.14. The van der Waals surface area contributed by atoms with Crippen molar-refractivity contribution in [3.8, 4) is 11.3 Å². The van der Waals surface area contributed by atoms with Gasteiger partial charge in [0.1, 0.15) is 0 Å². The Kier molecular flexibility index (Phi) is 6.00. The number of carbonyl (C=O) groups is 1. The monoisotopic (exact) mass is 365 g/mol. The van der Waals surface area contributed by atoms with E-state index in [4.69, 9.17) is 17.3 Å². The smallest absolute Gasteiger partial charge is 0.234 e. The molecule has 0 saturated heterocycles. The number of benzene rings is 2. The Morgan fingerprint density at radius 2 is 1.85 bits per heavy atom. The Balaban J connectivity index is 1.67. The van der Waals surface area contributed by atoms with Crippen LogP contribution in [0.5, 0.6) is 0 Å². The highest BCUT2D eigenvalue weighted by atomic mass is 35.5. The molecule has 1 atom stereocenters. The maximum Gasteiger partial charge on any atom is 0.234 e. The summed E-state index contributed by atoms with van der Waals surface area (Å²) in [4.78, 5) is 16.2. The first kappa shape index (κ1) is 18.1. The predicted octanol–water partition coefficient (Wildman–Crippen LogP) is 3.59. The number of hydrogen-bond donors (Lipinski definition) is 2. The second-order valence-electron chi connectivity index (χ2n) is 6.08. The van der Waals surface area contributed by atoms with Crippen LogP contribution in [-0.2, 0) is 17.8 Å². The molecule has 4 nitrogen and oxygen atoms in total. The minimum absolute atomic E-state index is 0.374. The van der Waals surface area contributed by atoms with Gasteiger partial charge >= 0.3 is 0 Å². The highest BCUT2D eigenvalue weighted by Gasteiger charge is 2.15. The number of amides is 1. The number of aromatic nitrogens is 1. The average Bonchev–Trinajstić information content (AvgIpc) is 2.67. The average molecular weight is 366 g/mol. The van der Waals surface area contributed by atoms with Gasteiger partial charge in [-0.2, -0.15) is 0 Å². The van der Waals surface area contributed by atoms with E-state index in [1.165, 1.54) is 0 Å². The molecule has 0 aliphatic carbocycles. The van der Waals surface area contributed by atoms with Crippen LogP contribution >= 0.6 is 11.6 Å². The van der Waals surface area contributed by atoms with Crippen LogP contribution < -0.4 is 11.1 Å². The van der Waals surface area contributed by atoms with Gasteiger partial charge in [-0.1, -0.05) is 48.0 Å². The van der Waals surface area contributed by atoms with Gasteiger partial charge in [-0.3, -0.25) is 9.78 Å². The van der Waals surface area contributed by atoms with Gasteiger partial charge in [-0.25, -0.2) is 0 Å². The standard InChI is InChI=1S/C21H20ClN3O/c22-18-9-7-15(8-10-18)13-20(21(23)26)25-14-16-4-3-5-17(12-16)19-6-1-2-11-24-19/h1-12,20,25H,13-14H2,(H2,23,26). The first-order valence-electron chi connectivity index (χ1n) is 8.39. The van der Waals surface area contributed by atoms with Gasteiger partial charge < -0.3 is 11.1 Å². The predicted molar refractivity (Wildman–Crippen MR) is 105 cm³/mol. The van der Waals surface area contributed by atoms with E-state index in [1.54, 1.807) is 6.20 Å². The lowest BCUT2D eigenvalue weighted by molar-refractivity contribution is -0.120. The summed E-state index contributed by atoms with van der Waals surface area (Å²) in [6, 6.07) is 20.9. The topological polar surface area (TPSA) is 68.0 Å². The van der Waals surface area contributed by atoms with E-state index < -0.39 is 6.04 Å². The molecule has 0 spiro atoms. The zero-order valence-corrected chi connectivity index (χ0v) is 15.0. The quantitative estimate of drug-likeness (QED) is 0.672. The molecule has 132 valence electrons. The fraction of sp³-hybridized carbons (Fsp3) is 0.143. The molecular formula is C21H20ClN3O. The summed E-state index contributed by atoms with van der Waals surface area (Å²) < 4.78 is 0. The van der Waals surface area contributed by atoms with Gasteiger partial charge in [0, 0.05) is 23.3 Å². The van der Waals surface area contributed by atoms with Crippen molar-refractivity contribution in [2.24, 2.45) is 5.73 Å². The molecule has 0 aliphatic heterocycles. The highest BCUT2D eigenvalue weighted by Crippen LogP contribution is 2.18.